The Bertz CT molecular complexity index is 960. The summed E-state index contributed by atoms with van der Waals surface area (Å²) in [6, 6.07) is 4.10. The van der Waals surface area contributed by atoms with Crippen LogP contribution in [0.3, 0.4) is 0 Å². The van der Waals surface area contributed by atoms with Gasteiger partial charge in [-0.3, -0.25) is 19.2 Å². The number of carbonyl (C=O) groups excluding carboxylic acids is 2. The number of alkyl halides is 3. The van der Waals surface area contributed by atoms with Crippen LogP contribution in [0, 0.1) is 5.82 Å². The average molecular weight is 455 g/mol. The van der Waals surface area contributed by atoms with Gasteiger partial charge in [-0.15, -0.1) is 0 Å². The van der Waals surface area contributed by atoms with Crippen LogP contribution in [0.2, 0.25) is 0 Å². The minimum atomic E-state index is -4.34. The van der Waals surface area contributed by atoms with Gasteiger partial charge in [0.05, 0.1) is 30.4 Å². The lowest BCUT2D eigenvalue weighted by molar-refractivity contribution is -0.137. The van der Waals surface area contributed by atoms with E-state index in [1.54, 1.807) is 0 Å². The number of amides is 2. The van der Waals surface area contributed by atoms with Crippen LogP contribution in [0.5, 0.6) is 0 Å². The molecule has 2 aromatic rings. The van der Waals surface area contributed by atoms with Gasteiger partial charge in [-0.1, -0.05) is 6.42 Å². The summed E-state index contributed by atoms with van der Waals surface area (Å²) in [5, 5.41) is 8.79. The van der Waals surface area contributed by atoms with Gasteiger partial charge in [0, 0.05) is 24.5 Å². The maximum Gasteiger partial charge on any atom is 0.390 e. The molecule has 11 heteroatoms. The lowest BCUT2D eigenvalue weighted by Crippen LogP contribution is -2.42. The maximum absolute atomic E-state index is 14.2. The summed E-state index contributed by atoms with van der Waals surface area (Å²) >= 11 is 0. The zero-order valence-electron chi connectivity index (χ0n) is 17.6. The highest BCUT2D eigenvalue weighted by atomic mass is 19.4. The van der Waals surface area contributed by atoms with Crippen molar-refractivity contribution >= 4 is 23.2 Å². The van der Waals surface area contributed by atoms with E-state index in [-0.39, 0.29) is 23.7 Å². The van der Waals surface area contributed by atoms with Crippen molar-refractivity contribution in [2.24, 2.45) is 0 Å². The Morgan fingerprint density at radius 3 is 2.72 bits per heavy atom. The first kappa shape index (κ1) is 23.7. The standard InChI is InChI=1S/C21H25F4N5O2/c1-14-4-2-3-8-29(14)13-19(31)27-16-5-6-17(22)18(10-16)28-20(32)15-11-26-30(12-15)9-7-21(23,24)25/h5-6,10-12,14H,2-4,7-9,13H2,1H3,(H,27,31)(H,28,32). The number of aromatic nitrogens is 2. The summed E-state index contributed by atoms with van der Waals surface area (Å²) in [6.07, 6.45) is 0.0572. The molecule has 7 nitrogen and oxygen atoms in total. The number of hydrogen-bond donors (Lipinski definition) is 2. The second kappa shape index (κ2) is 10.1. The van der Waals surface area contributed by atoms with E-state index in [0.29, 0.717) is 11.7 Å². The topological polar surface area (TPSA) is 79.3 Å². The van der Waals surface area contributed by atoms with Gasteiger partial charge in [-0.25, -0.2) is 4.39 Å². The highest BCUT2D eigenvalue weighted by molar-refractivity contribution is 6.04. The fourth-order valence-electron chi connectivity index (χ4n) is 3.52. The number of hydrogen-bond acceptors (Lipinski definition) is 4. The highest BCUT2D eigenvalue weighted by Crippen LogP contribution is 2.22. The van der Waals surface area contributed by atoms with Gasteiger partial charge in [0.2, 0.25) is 5.91 Å². The van der Waals surface area contributed by atoms with Gasteiger partial charge in [0.25, 0.3) is 5.91 Å². The SMILES string of the molecule is CC1CCCCN1CC(=O)Nc1ccc(F)c(NC(=O)c2cnn(CCC(F)(F)F)c2)c1. The minimum absolute atomic E-state index is 0.0138. The Hall–Kier alpha value is -2.95. The van der Waals surface area contributed by atoms with E-state index in [1.165, 1.54) is 12.1 Å². The van der Waals surface area contributed by atoms with Crippen LogP contribution in [0.25, 0.3) is 0 Å². The van der Waals surface area contributed by atoms with E-state index in [4.69, 9.17) is 0 Å². The van der Waals surface area contributed by atoms with Crippen molar-refractivity contribution in [1.29, 1.82) is 0 Å². The number of benzene rings is 1. The van der Waals surface area contributed by atoms with Gasteiger partial charge in [-0.05, 0) is 44.5 Å². The van der Waals surface area contributed by atoms with Gasteiger partial charge in [0.15, 0.2) is 0 Å². The molecule has 2 heterocycles. The summed E-state index contributed by atoms with van der Waals surface area (Å²) in [5.74, 6) is -1.69. The fraction of sp³-hybridized carbons (Fsp3) is 0.476. The Kier molecular flexibility index (Phi) is 7.49. The van der Waals surface area contributed by atoms with Gasteiger partial charge >= 0.3 is 6.18 Å². The lowest BCUT2D eigenvalue weighted by Gasteiger charge is -2.32. The fourth-order valence-corrected chi connectivity index (χ4v) is 3.52. The molecule has 0 aliphatic carbocycles. The summed E-state index contributed by atoms with van der Waals surface area (Å²) in [5.41, 5.74) is 0.138. The quantitative estimate of drug-likeness (QED) is 0.618. The molecule has 0 spiro atoms. The predicted octanol–water partition coefficient (Wildman–Crippen LogP) is 4.04. The molecule has 3 rings (SSSR count). The van der Waals surface area contributed by atoms with E-state index in [2.05, 4.69) is 27.6 Å². The maximum atomic E-state index is 14.2. The van der Waals surface area contributed by atoms with E-state index in [1.807, 2.05) is 0 Å². The third kappa shape index (κ3) is 6.78. The number of halogens is 4. The number of carbonyl (C=O) groups is 2. The van der Waals surface area contributed by atoms with Crippen molar-refractivity contribution in [1.82, 2.24) is 14.7 Å². The molecule has 1 aromatic carbocycles. The van der Waals surface area contributed by atoms with Crippen molar-refractivity contribution in [2.75, 3.05) is 23.7 Å². The van der Waals surface area contributed by atoms with Crippen LogP contribution in [0.4, 0.5) is 28.9 Å². The second-order valence-corrected chi connectivity index (χ2v) is 7.87. The smallest absolute Gasteiger partial charge is 0.325 e. The molecule has 2 amide bonds. The number of likely N-dealkylation sites (tertiary alicyclic amines) is 1. The molecule has 1 fully saturated rings. The van der Waals surface area contributed by atoms with Crippen LogP contribution >= 0.6 is 0 Å². The Labute approximate surface area is 182 Å². The second-order valence-electron chi connectivity index (χ2n) is 7.87. The third-order valence-electron chi connectivity index (χ3n) is 5.31. The molecular formula is C21H25F4N5O2. The summed E-state index contributed by atoms with van der Waals surface area (Å²) in [7, 11) is 0. The third-order valence-corrected chi connectivity index (χ3v) is 5.31. The number of piperidine rings is 1. The molecule has 1 atom stereocenters. The molecule has 0 bridgehead atoms. The van der Waals surface area contributed by atoms with Crippen molar-refractivity contribution in [3.8, 4) is 0 Å². The average Bonchev–Trinajstić information content (AvgIpc) is 3.19. The molecule has 1 aromatic heterocycles. The Balaban J connectivity index is 1.60. The van der Waals surface area contributed by atoms with Crippen molar-refractivity contribution in [2.45, 2.75) is 51.4 Å². The molecule has 1 saturated heterocycles. The Morgan fingerprint density at radius 1 is 1.22 bits per heavy atom. The van der Waals surface area contributed by atoms with E-state index in [0.717, 1.165) is 48.9 Å². The monoisotopic (exact) mass is 455 g/mol. The summed E-state index contributed by atoms with van der Waals surface area (Å²) < 4.78 is 52.1. The van der Waals surface area contributed by atoms with Gasteiger partial charge in [0.1, 0.15) is 5.82 Å². The molecule has 32 heavy (non-hydrogen) atoms. The summed E-state index contributed by atoms with van der Waals surface area (Å²) in [6.45, 7) is 2.71. The normalized spacial score (nSPS) is 17.2. The number of aryl methyl sites for hydroxylation is 1. The Morgan fingerprint density at radius 2 is 2.00 bits per heavy atom. The molecule has 1 aliphatic heterocycles. The first-order chi connectivity index (χ1) is 15.1. The molecule has 0 saturated carbocycles. The minimum Gasteiger partial charge on any atom is -0.325 e. The molecule has 0 radical (unpaired) electrons. The number of nitrogens with one attached hydrogen (secondary N) is 2. The van der Waals surface area contributed by atoms with Gasteiger partial charge < -0.3 is 10.6 Å². The van der Waals surface area contributed by atoms with Crippen LogP contribution in [-0.2, 0) is 11.3 Å². The molecule has 1 aliphatic rings. The van der Waals surface area contributed by atoms with Crippen LogP contribution < -0.4 is 10.6 Å². The molecular weight excluding hydrogens is 430 g/mol. The number of anilines is 2. The first-order valence-corrected chi connectivity index (χ1v) is 10.3. The molecule has 2 N–H and O–H groups in total. The van der Waals surface area contributed by atoms with E-state index in [9.17, 15) is 27.2 Å². The number of nitrogens with zero attached hydrogens (tertiary/aromatic N) is 3. The van der Waals surface area contributed by atoms with Crippen molar-refractivity contribution < 1.29 is 27.2 Å². The predicted molar refractivity (Wildman–Crippen MR) is 111 cm³/mol. The van der Waals surface area contributed by atoms with E-state index < -0.39 is 30.9 Å². The first-order valence-electron chi connectivity index (χ1n) is 10.3. The van der Waals surface area contributed by atoms with Crippen LogP contribution in [0.15, 0.2) is 30.6 Å². The van der Waals surface area contributed by atoms with E-state index >= 15 is 0 Å². The highest BCUT2D eigenvalue weighted by Gasteiger charge is 2.27. The zero-order valence-corrected chi connectivity index (χ0v) is 17.6. The summed E-state index contributed by atoms with van der Waals surface area (Å²) in [4.78, 5) is 26.8. The zero-order chi connectivity index (χ0) is 23.3. The molecule has 1 unspecified atom stereocenters. The molecule has 174 valence electrons. The van der Waals surface area contributed by atoms with Crippen molar-refractivity contribution in [3.63, 3.8) is 0 Å². The lowest BCUT2D eigenvalue weighted by atomic mass is 10.0. The van der Waals surface area contributed by atoms with Crippen LogP contribution in [0.1, 0.15) is 43.0 Å². The van der Waals surface area contributed by atoms with Gasteiger partial charge in [-0.2, -0.15) is 18.3 Å². The largest absolute Gasteiger partial charge is 0.390 e. The van der Waals surface area contributed by atoms with Crippen LogP contribution in [-0.4, -0.2) is 51.8 Å². The number of rotatable bonds is 7. The van der Waals surface area contributed by atoms with Crippen molar-refractivity contribution in [3.05, 3.63) is 42.0 Å².